The highest BCUT2D eigenvalue weighted by Gasteiger charge is 2.21. The van der Waals surface area contributed by atoms with Gasteiger partial charge in [-0.25, -0.2) is 0 Å². The molecule has 0 unspecified atom stereocenters. The number of benzene rings is 2. The molecule has 2 nitrogen and oxygen atoms in total. The average Bonchev–Trinajstić information content (AvgIpc) is 3.42. The molecular formula is C20H24ClNOS. The van der Waals surface area contributed by atoms with Crippen LogP contribution in [0, 0.1) is 5.92 Å². The van der Waals surface area contributed by atoms with E-state index >= 15 is 0 Å². The van der Waals surface area contributed by atoms with Crippen molar-refractivity contribution >= 4 is 40.0 Å². The topological polar surface area (TPSA) is 29.1 Å². The highest BCUT2D eigenvalue weighted by atomic mass is 35.5. The lowest BCUT2D eigenvalue weighted by atomic mass is 10.0. The van der Waals surface area contributed by atoms with E-state index in [2.05, 4.69) is 41.7 Å². The van der Waals surface area contributed by atoms with Gasteiger partial charge in [0.2, 0.25) is 5.91 Å². The number of halogens is 1. The molecule has 24 heavy (non-hydrogen) atoms. The Morgan fingerprint density at radius 2 is 2.12 bits per heavy atom. The summed E-state index contributed by atoms with van der Waals surface area (Å²) in [6, 6.07) is 13.2. The Kier molecular flexibility index (Phi) is 6.44. The SMILES string of the molecule is O=C(CCCCl)NCCc1cccc2ccc(SCC3CC3)cc12. The third-order valence-electron chi connectivity index (χ3n) is 4.38. The van der Waals surface area contributed by atoms with E-state index < -0.39 is 0 Å². The molecule has 0 aromatic heterocycles. The Morgan fingerprint density at radius 3 is 2.92 bits per heavy atom. The van der Waals surface area contributed by atoms with Crippen molar-refractivity contribution in [1.29, 1.82) is 0 Å². The van der Waals surface area contributed by atoms with Crippen LogP contribution in [0.3, 0.4) is 0 Å². The van der Waals surface area contributed by atoms with Crippen LogP contribution in [0.1, 0.15) is 31.2 Å². The molecule has 1 amide bonds. The van der Waals surface area contributed by atoms with Crippen molar-refractivity contribution in [3.63, 3.8) is 0 Å². The molecule has 1 aliphatic carbocycles. The van der Waals surface area contributed by atoms with E-state index in [9.17, 15) is 4.79 Å². The molecule has 2 aromatic carbocycles. The molecule has 1 aliphatic rings. The zero-order valence-electron chi connectivity index (χ0n) is 13.9. The van der Waals surface area contributed by atoms with E-state index in [0.29, 0.717) is 18.8 Å². The molecule has 1 N–H and O–H groups in total. The summed E-state index contributed by atoms with van der Waals surface area (Å²) in [4.78, 5) is 13.0. The standard InChI is InChI=1S/C20H24ClNOS/c21-11-2-5-20(23)22-12-10-17-4-1-3-16-8-9-18(13-19(16)17)24-14-15-6-7-15/h1,3-4,8-9,13,15H,2,5-7,10-12,14H2,(H,22,23). The van der Waals surface area contributed by atoms with Crippen molar-refractivity contribution in [3.8, 4) is 0 Å². The number of amides is 1. The number of alkyl halides is 1. The largest absolute Gasteiger partial charge is 0.356 e. The van der Waals surface area contributed by atoms with Gasteiger partial charge in [-0.05, 0) is 60.1 Å². The molecule has 4 heteroatoms. The number of hydrogen-bond donors (Lipinski definition) is 1. The van der Waals surface area contributed by atoms with E-state index in [1.165, 1.54) is 39.8 Å². The van der Waals surface area contributed by atoms with Gasteiger partial charge in [0.25, 0.3) is 0 Å². The maximum atomic E-state index is 11.7. The van der Waals surface area contributed by atoms with Gasteiger partial charge in [-0.15, -0.1) is 23.4 Å². The zero-order valence-corrected chi connectivity index (χ0v) is 15.5. The van der Waals surface area contributed by atoms with Crippen LogP contribution in [-0.4, -0.2) is 24.1 Å². The van der Waals surface area contributed by atoms with Gasteiger partial charge in [0.1, 0.15) is 0 Å². The Labute approximate surface area is 153 Å². The van der Waals surface area contributed by atoms with E-state index in [1.54, 1.807) is 0 Å². The number of hydrogen-bond acceptors (Lipinski definition) is 2. The second kappa shape index (κ2) is 8.77. The smallest absolute Gasteiger partial charge is 0.220 e. The average molecular weight is 362 g/mol. The van der Waals surface area contributed by atoms with Crippen LogP contribution >= 0.6 is 23.4 Å². The van der Waals surface area contributed by atoms with Crippen LogP contribution in [0.5, 0.6) is 0 Å². The minimum absolute atomic E-state index is 0.0940. The maximum absolute atomic E-state index is 11.7. The van der Waals surface area contributed by atoms with Crippen molar-refractivity contribution in [3.05, 3.63) is 42.0 Å². The summed E-state index contributed by atoms with van der Waals surface area (Å²) < 4.78 is 0. The van der Waals surface area contributed by atoms with Crippen LogP contribution in [0.15, 0.2) is 41.3 Å². The first-order valence-corrected chi connectivity index (χ1v) is 10.3. The van der Waals surface area contributed by atoms with Crippen LogP contribution < -0.4 is 5.32 Å². The predicted molar refractivity (Wildman–Crippen MR) is 104 cm³/mol. The van der Waals surface area contributed by atoms with Crippen molar-refractivity contribution in [2.24, 2.45) is 5.92 Å². The normalized spacial score (nSPS) is 14.0. The van der Waals surface area contributed by atoms with Crippen LogP contribution in [-0.2, 0) is 11.2 Å². The van der Waals surface area contributed by atoms with Crippen LogP contribution in [0.2, 0.25) is 0 Å². The Morgan fingerprint density at radius 1 is 1.25 bits per heavy atom. The summed E-state index contributed by atoms with van der Waals surface area (Å²) in [5, 5.41) is 5.58. The summed E-state index contributed by atoms with van der Waals surface area (Å²) in [5.41, 5.74) is 1.30. The summed E-state index contributed by atoms with van der Waals surface area (Å²) >= 11 is 7.59. The highest BCUT2D eigenvalue weighted by molar-refractivity contribution is 7.99. The Balaban J connectivity index is 1.62. The fourth-order valence-corrected chi connectivity index (χ4v) is 4.04. The molecule has 1 fully saturated rings. The zero-order chi connectivity index (χ0) is 16.8. The molecule has 2 aromatic rings. The number of fused-ring (bicyclic) bond motifs is 1. The first-order valence-electron chi connectivity index (χ1n) is 8.73. The number of carbonyl (C=O) groups excluding carboxylic acids is 1. The number of rotatable bonds is 9. The molecule has 0 atom stereocenters. The molecule has 0 saturated heterocycles. The lowest BCUT2D eigenvalue weighted by molar-refractivity contribution is -0.121. The summed E-state index contributed by atoms with van der Waals surface area (Å²) in [6.45, 7) is 0.680. The second-order valence-corrected chi connectivity index (χ2v) is 7.92. The molecule has 0 spiro atoms. The third-order valence-corrected chi connectivity index (χ3v) is 5.87. The first kappa shape index (κ1) is 17.6. The molecule has 0 heterocycles. The predicted octanol–water partition coefficient (Wildman–Crippen LogP) is 5.02. The van der Waals surface area contributed by atoms with Gasteiger partial charge in [-0.3, -0.25) is 4.79 Å². The fraction of sp³-hybridized carbons (Fsp3) is 0.450. The maximum Gasteiger partial charge on any atom is 0.220 e. The Bertz CT molecular complexity index is 699. The molecule has 0 aliphatic heterocycles. The van der Waals surface area contributed by atoms with E-state index in [4.69, 9.17) is 11.6 Å². The Hall–Kier alpha value is -1.19. The van der Waals surface area contributed by atoms with Gasteiger partial charge in [-0.2, -0.15) is 0 Å². The molecule has 128 valence electrons. The van der Waals surface area contributed by atoms with Crippen LogP contribution in [0.4, 0.5) is 0 Å². The number of nitrogens with one attached hydrogen (secondary N) is 1. The van der Waals surface area contributed by atoms with Gasteiger partial charge < -0.3 is 5.32 Å². The summed E-state index contributed by atoms with van der Waals surface area (Å²) in [6.07, 6.45) is 4.91. The molecule has 1 saturated carbocycles. The molecular weight excluding hydrogens is 338 g/mol. The lowest BCUT2D eigenvalue weighted by Crippen LogP contribution is -2.25. The minimum Gasteiger partial charge on any atom is -0.356 e. The first-order chi connectivity index (χ1) is 11.8. The van der Waals surface area contributed by atoms with Crippen molar-refractivity contribution < 1.29 is 4.79 Å². The van der Waals surface area contributed by atoms with E-state index in [1.807, 2.05) is 11.8 Å². The van der Waals surface area contributed by atoms with Crippen LogP contribution in [0.25, 0.3) is 10.8 Å². The van der Waals surface area contributed by atoms with Gasteiger partial charge in [0.15, 0.2) is 0 Å². The highest BCUT2D eigenvalue weighted by Crippen LogP contribution is 2.36. The van der Waals surface area contributed by atoms with Gasteiger partial charge in [0, 0.05) is 29.5 Å². The van der Waals surface area contributed by atoms with Gasteiger partial charge in [-0.1, -0.05) is 24.3 Å². The summed E-state index contributed by atoms with van der Waals surface area (Å²) in [5.74, 6) is 2.81. The van der Waals surface area contributed by atoms with Gasteiger partial charge >= 0.3 is 0 Å². The quantitative estimate of drug-likeness (QED) is 0.502. The van der Waals surface area contributed by atoms with Crippen molar-refractivity contribution in [2.75, 3.05) is 18.2 Å². The summed E-state index contributed by atoms with van der Waals surface area (Å²) in [7, 11) is 0. The molecule has 0 radical (unpaired) electrons. The minimum atomic E-state index is 0.0940. The van der Waals surface area contributed by atoms with E-state index in [-0.39, 0.29) is 5.91 Å². The third kappa shape index (κ3) is 5.15. The monoisotopic (exact) mass is 361 g/mol. The van der Waals surface area contributed by atoms with Gasteiger partial charge in [0.05, 0.1) is 0 Å². The number of carbonyl (C=O) groups is 1. The second-order valence-electron chi connectivity index (χ2n) is 6.45. The van der Waals surface area contributed by atoms with Crippen molar-refractivity contribution in [2.45, 2.75) is 37.0 Å². The molecule has 0 bridgehead atoms. The fourth-order valence-electron chi connectivity index (χ4n) is 2.78. The van der Waals surface area contributed by atoms with Crippen molar-refractivity contribution in [1.82, 2.24) is 5.32 Å². The number of thioether (sulfide) groups is 1. The lowest BCUT2D eigenvalue weighted by Gasteiger charge is -2.10. The van der Waals surface area contributed by atoms with E-state index in [0.717, 1.165) is 18.8 Å². The molecule has 3 rings (SSSR count).